The lowest BCUT2D eigenvalue weighted by molar-refractivity contribution is -0.394. The van der Waals surface area contributed by atoms with Gasteiger partial charge in [-0.15, -0.1) is 0 Å². The third-order valence-corrected chi connectivity index (χ3v) is 5.69. The van der Waals surface area contributed by atoms with Crippen molar-refractivity contribution in [3.05, 3.63) is 110 Å². The predicted octanol–water partition coefficient (Wildman–Crippen LogP) is 7.15. The maximum atomic E-state index is 14.6. The van der Waals surface area contributed by atoms with E-state index >= 15 is 0 Å². The molecular weight excluding hydrogens is 587 g/mol. The summed E-state index contributed by atoms with van der Waals surface area (Å²) in [5, 5.41) is 22.0. The number of nitro benzene ring substituents is 2. The summed E-state index contributed by atoms with van der Waals surface area (Å²) in [7, 11) is 0. The Morgan fingerprint density at radius 2 is 1.49 bits per heavy atom. The van der Waals surface area contributed by atoms with E-state index in [2.05, 4.69) is 0 Å². The predicted molar refractivity (Wildman–Crippen MR) is 142 cm³/mol. The van der Waals surface area contributed by atoms with Gasteiger partial charge in [0.15, 0.2) is 0 Å². The van der Waals surface area contributed by atoms with Gasteiger partial charge in [-0.05, 0) is 60.5 Å². The van der Waals surface area contributed by atoms with Crippen LogP contribution in [0.2, 0.25) is 0 Å². The maximum absolute atomic E-state index is 14.6. The fourth-order valence-electron chi connectivity index (χ4n) is 3.58. The molecule has 0 spiro atoms. The topological polar surface area (TPSA) is 131 Å². The number of nitro groups is 2. The second kappa shape index (κ2) is 14.2. The molecule has 0 radical (unpaired) electrons. The molecule has 0 N–H and O–H groups in total. The van der Waals surface area contributed by atoms with Gasteiger partial charge in [0.1, 0.15) is 11.5 Å². The standard InChI is InChI=1S/C28H23F5N2O8/c29-27(30,31)15-1-16-41-23-9-11-24(12-10-23)43-28(32,33)21-6-2-19(3-7-21)4-13-26(36)42-17-14-20-5-8-22(34(37)38)18-25(20)35(39)40/h2-13,18H,1,14-17H2. The van der Waals surface area contributed by atoms with E-state index in [1.807, 2.05) is 0 Å². The number of carbonyl (C=O) groups excluding carboxylic acids is 1. The molecule has 228 valence electrons. The van der Waals surface area contributed by atoms with Gasteiger partial charge in [0.05, 0.1) is 34.7 Å². The van der Waals surface area contributed by atoms with Crippen molar-refractivity contribution < 1.29 is 50.8 Å². The van der Waals surface area contributed by atoms with Crippen LogP contribution >= 0.6 is 0 Å². The van der Waals surface area contributed by atoms with E-state index in [1.54, 1.807) is 0 Å². The molecule has 10 nitrogen and oxygen atoms in total. The summed E-state index contributed by atoms with van der Waals surface area (Å²) in [5.74, 6) is -0.825. The summed E-state index contributed by atoms with van der Waals surface area (Å²) >= 11 is 0. The Hall–Kier alpha value is -5.08. The zero-order valence-electron chi connectivity index (χ0n) is 22.1. The first-order valence-corrected chi connectivity index (χ1v) is 12.5. The van der Waals surface area contributed by atoms with Crippen molar-refractivity contribution in [2.45, 2.75) is 31.5 Å². The number of hydrogen-bond acceptors (Lipinski definition) is 8. The highest BCUT2D eigenvalue weighted by atomic mass is 19.4. The lowest BCUT2D eigenvalue weighted by Gasteiger charge is -2.18. The molecule has 43 heavy (non-hydrogen) atoms. The molecule has 3 rings (SSSR count). The van der Waals surface area contributed by atoms with Crippen molar-refractivity contribution in [2.75, 3.05) is 13.2 Å². The van der Waals surface area contributed by atoms with Crippen molar-refractivity contribution >= 4 is 23.4 Å². The molecule has 0 saturated carbocycles. The summed E-state index contributed by atoms with van der Waals surface area (Å²) in [4.78, 5) is 32.5. The first-order chi connectivity index (χ1) is 20.2. The number of nitrogens with zero attached hydrogens (tertiary/aromatic N) is 2. The number of halogens is 5. The monoisotopic (exact) mass is 610 g/mol. The molecule has 0 aliphatic heterocycles. The fourth-order valence-corrected chi connectivity index (χ4v) is 3.58. The number of rotatable bonds is 14. The Balaban J connectivity index is 1.49. The van der Waals surface area contributed by atoms with Crippen LogP contribution < -0.4 is 9.47 Å². The smallest absolute Gasteiger partial charge is 0.426 e. The normalized spacial score (nSPS) is 11.7. The molecule has 0 heterocycles. The van der Waals surface area contributed by atoms with Crippen LogP contribution in [0.25, 0.3) is 6.08 Å². The Labute approximate surface area is 240 Å². The van der Waals surface area contributed by atoms with Crippen LogP contribution in [-0.2, 0) is 22.1 Å². The highest BCUT2D eigenvalue weighted by Crippen LogP contribution is 2.33. The zero-order valence-corrected chi connectivity index (χ0v) is 22.1. The van der Waals surface area contributed by atoms with Crippen LogP contribution in [0.15, 0.2) is 72.8 Å². The van der Waals surface area contributed by atoms with E-state index in [0.717, 1.165) is 30.3 Å². The molecule has 0 atom stereocenters. The number of alkyl halides is 5. The molecule has 0 amide bonds. The van der Waals surface area contributed by atoms with Crippen molar-refractivity contribution in [1.29, 1.82) is 0 Å². The number of ether oxygens (including phenoxy) is 3. The van der Waals surface area contributed by atoms with Crippen LogP contribution in [0, 0.1) is 20.2 Å². The first-order valence-electron chi connectivity index (χ1n) is 12.5. The Morgan fingerprint density at radius 3 is 2.09 bits per heavy atom. The summed E-state index contributed by atoms with van der Waals surface area (Å²) in [6.45, 7) is -0.448. The van der Waals surface area contributed by atoms with Gasteiger partial charge in [-0.25, -0.2) is 4.79 Å². The van der Waals surface area contributed by atoms with Gasteiger partial charge >= 0.3 is 18.3 Å². The largest absolute Gasteiger partial charge is 0.494 e. The minimum atomic E-state index is -4.29. The number of benzene rings is 3. The third kappa shape index (κ3) is 10.4. The van der Waals surface area contributed by atoms with Gasteiger partial charge in [-0.3, -0.25) is 20.2 Å². The Bertz CT molecular complexity index is 1460. The summed E-state index contributed by atoms with van der Waals surface area (Å²) in [5.41, 5.74) is -0.922. The van der Waals surface area contributed by atoms with E-state index in [4.69, 9.17) is 14.2 Å². The van der Waals surface area contributed by atoms with Gasteiger partial charge in [0.2, 0.25) is 0 Å². The average molecular weight is 610 g/mol. The lowest BCUT2D eigenvalue weighted by atomic mass is 10.1. The molecule has 0 bridgehead atoms. The van der Waals surface area contributed by atoms with Gasteiger partial charge in [-0.1, -0.05) is 12.1 Å². The molecule has 0 fully saturated rings. The third-order valence-electron chi connectivity index (χ3n) is 5.69. The molecule has 0 unspecified atom stereocenters. The van der Waals surface area contributed by atoms with Gasteiger partial charge in [0.25, 0.3) is 11.4 Å². The molecule has 3 aromatic rings. The molecule has 0 aliphatic carbocycles. The van der Waals surface area contributed by atoms with E-state index in [1.165, 1.54) is 48.5 Å². The molecule has 0 aliphatic rings. The summed E-state index contributed by atoms with van der Waals surface area (Å²) in [6, 6.07) is 12.8. The average Bonchev–Trinajstić information content (AvgIpc) is 2.94. The SMILES string of the molecule is O=C(C=Cc1ccc(C(F)(F)Oc2ccc(OCCCC(F)(F)F)cc2)cc1)OCCc1ccc([N+](=O)[O-])cc1[N+](=O)[O-]. The second-order valence-corrected chi connectivity index (χ2v) is 8.86. The van der Waals surface area contributed by atoms with E-state index in [0.29, 0.717) is 5.56 Å². The van der Waals surface area contributed by atoms with Crippen LogP contribution in [0.1, 0.15) is 29.5 Å². The molecule has 0 aromatic heterocycles. The van der Waals surface area contributed by atoms with E-state index < -0.39 is 51.5 Å². The minimum absolute atomic E-state index is 0.0740. The Kier molecular flexibility index (Phi) is 10.7. The number of esters is 1. The van der Waals surface area contributed by atoms with Gasteiger partial charge in [0, 0.05) is 30.5 Å². The van der Waals surface area contributed by atoms with Gasteiger partial charge < -0.3 is 14.2 Å². The summed E-state index contributed by atoms with van der Waals surface area (Å²) in [6.07, 6.45) is -7.02. The van der Waals surface area contributed by atoms with Crippen LogP contribution in [-0.4, -0.2) is 35.2 Å². The lowest BCUT2D eigenvalue weighted by Crippen LogP contribution is -2.21. The zero-order chi connectivity index (χ0) is 31.6. The van der Waals surface area contributed by atoms with Crippen LogP contribution in [0.5, 0.6) is 11.5 Å². The molecule has 0 saturated heterocycles. The highest BCUT2D eigenvalue weighted by Gasteiger charge is 2.34. The quantitative estimate of drug-likeness (QED) is 0.0470. The fraction of sp³-hybridized carbons (Fsp3) is 0.250. The van der Waals surface area contributed by atoms with Crippen LogP contribution in [0.3, 0.4) is 0 Å². The molecule has 3 aromatic carbocycles. The highest BCUT2D eigenvalue weighted by molar-refractivity contribution is 5.87. The Morgan fingerprint density at radius 1 is 0.837 bits per heavy atom. The van der Waals surface area contributed by atoms with Crippen molar-refractivity contribution in [1.82, 2.24) is 0 Å². The van der Waals surface area contributed by atoms with Crippen LogP contribution in [0.4, 0.5) is 33.3 Å². The van der Waals surface area contributed by atoms with Gasteiger partial charge in [-0.2, -0.15) is 22.0 Å². The minimum Gasteiger partial charge on any atom is -0.494 e. The van der Waals surface area contributed by atoms with E-state index in [-0.39, 0.29) is 43.1 Å². The van der Waals surface area contributed by atoms with Crippen molar-refractivity contribution in [3.63, 3.8) is 0 Å². The maximum Gasteiger partial charge on any atom is 0.426 e. The number of hydrogen-bond donors (Lipinski definition) is 0. The first kappa shape index (κ1) is 32.4. The van der Waals surface area contributed by atoms with E-state index in [9.17, 15) is 47.0 Å². The second-order valence-electron chi connectivity index (χ2n) is 8.86. The van der Waals surface area contributed by atoms with Crippen molar-refractivity contribution in [2.24, 2.45) is 0 Å². The number of non-ortho nitro benzene ring substituents is 1. The number of carbonyl (C=O) groups is 1. The van der Waals surface area contributed by atoms with Crippen molar-refractivity contribution in [3.8, 4) is 11.5 Å². The molecular formula is C28H23F5N2O8. The molecule has 15 heteroatoms. The summed E-state index contributed by atoms with van der Waals surface area (Å²) < 4.78 is 80.7.